The molecule has 2 aromatic carbocycles. The number of hydrogen-bond acceptors (Lipinski definition) is 5. The minimum atomic E-state index is -0.465. The number of hydrogen-bond donors (Lipinski definition) is 2. The summed E-state index contributed by atoms with van der Waals surface area (Å²) in [5.41, 5.74) is 2.34. The molecule has 2 amide bonds. The van der Waals surface area contributed by atoms with E-state index in [-0.39, 0.29) is 11.8 Å². The summed E-state index contributed by atoms with van der Waals surface area (Å²) in [4.78, 5) is 38.0. The van der Waals surface area contributed by atoms with Crippen LogP contribution < -0.4 is 10.6 Å². The Labute approximate surface area is 185 Å². The van der Waals surface area contributed by atoms with E-state index in [0.717, 1.165) is 23.3 Å². The standard InChI is InChI=1S/C24H24N2O4S/c1-3-19-15-20(22(28)25-14-13-16-7-5-4-6-8-16)23(31-19)26-21(27)17-9-11-18(12-10-17)24(29)30-2/h4-12,15H,3,13-14H2,1-2H3,(H,25,28)(H,26,27). The molecule has 0 radical (unpaired) electrons. The van der Waals surface area contributed by atoms with Gasteiger partial charge < -0.3 is 15.4 Å². The van der Waals surface area contributed by atoms with Crippen LogP contribution in [0, 0.1) is 0 Å². The number of nitrogens with one attached hydrogen (secondary N) is 2. The Morgan fingerprint density at radius 2 is 1.61 bits per heavy atom. The Kier molecular flexibility index (Phi) is 7.56. The van der Waals surface area contributed by atoms with Crippen LogP contribution in [0.3, 0.4) is 0 Å². The molecule has 0 aliphatic rings. The van der Waals surface area contributed by atoms with E-state index in [1.807, 2.05) is 43.3 Å². The molecule has 0 atom stereocenters. The zero-order valence-electron chi connectivity index (χ0n) is 17.4. The van der Waals surface area contributed by atoms with Crippen molar-refractivity contribution in [3.8, 4) is 0 Å². The van der Waals surface area contributed by atoms with Gasteiger partial charge in [-0.25, -0.2) is 4.79 Å². The molecule has 0 saturated heterocycles. The molecule has 0 spiro atoms. The molecule has 0 fully saturated rings. The van der Waals surface area contributed by atoms with Crippen molar-refractivity contribution in [2.24, 2.45) is 0 Å². The van der Waals surface area contributed by atoms with Crippen LogP contribution in [0.5, 0.6) is 0 Å². The van der Waals surface area contributed by atoms with E-state index < -0.39 is 5.97 Å². The number of rotatable bonds is 8. The van der Waals surface area contributed by atoms with Crippen molar-refractivity contribution in [2.75, 3.05) is 19.0 Å². The number of thiophene rings is 1. The molecule has 3 aromatic rings. The Balaban J connectivity index is 1.68. The van der Waals surface area contributed by atoms with Crippen molar-refractivity contribution in [3.63, 3.8) is 0 Å². The third-order valence-corrected chi connectivity index (χ3v) is 5.91. The van der Waals surface area contributed by atoms with Gasteiger partial charge in [-0.15, -0.1) is 11.3 Å². The van der Waals surface area contributed by atoms with E-state index in [4.69, 9.17) is 0 Å². The summed E-state index contributed by atoms with van der Waals surface area (Å²) in [5, 5.41) is 6.28. The van der Waals surface area contributed by atoms with Gasteiger partial charge in [-0.1, -0.05) is 37.3 Å². The molecular formula is C24H24N2O4S. The fraction of sp³-hybridized carbons (Fsp3) is 0.208. The summed E-state index contributed by atoms with van der Waals surface area (Å²) in [6, 6.07) is 17.9. The van der Waals surface area contributed by atoms with Crippen molar-refractivity contribution >= 4 is 34.1 Å². The average Bonchev–Trinajstić information content (AvgIpc) is 3.22. The van der Waals surface area contributed by atoms with Crippen LogP contribution in [0.15, 0.2) is 60.7 Å². The molecule has 1 aromatic heterocycles. The third-order valence-electron chi connectivity index (χ3n) is 4.71. The highest BCUT2D eigenvalue weighted by molar-refractivity contribution is 7.16. The van der Waals surface area contributed by atoms with Gasteiger partial charge >= 0.3 is 5.97 Å². The van der Waals surface area contributed by atoms with E-state index in [0.29, 0.717) is 28.2 Å². The number of esters is 1. The number of amides is 2. The van der Waals surface area contributed by atoms with E-state index >= 15 is 0 Å². The highest BCUT2D eigenvalue weighted by Gasteiger charge is 2.18. The second-order valence-corrected chi connectivity index (χ2v) is 7.96. The van der Waals surface area contributed by atoms with Crippen molar-refractivity contribution in [1.82, 2.24) is 5.32 Å². The number of anilines is 1. The normalized spacial score (nSPS) is 10.4. The smallest absolute Gasteiger partial charge is 0.337 e. The number of aryl methyl sites for hydroxylation is 1. The van der Waals surface area contributed by atoms with Gasteiger partial charge in [-0.3, -0.25) is 9.59 Å². The summed E-state index contributed by atoms with van der Waals surface area (Å²) < 4.78 is 4.67. The maximum Gasteiger partial charge on any atom is 0.337 e. The number of benzene rings is 2. The Hall–Kier alpha value is -3.45. The van der Waals surface area contributed by atoms with Gasteiger partial charge in [0.15, 0.2) is 0 Å². The van der Waals surface area contributed by atoms with Crippen LogP contribution >= 0.6 is 11.3 Å². The third kappa shape index (κ3) is 5.79. The maximum atomic E-state index is 12.7. The van der Waals surface area contributed by atoms with Crippen LogP contribution in [0.2, 0.25) is 0 Å². The predicted molar refractivity (Wildman–Crippen MR) is 122 cm³/mol. The maximum absolute atomic E-state index is 12.7. The van der Waals surface area contributed by atoms with Gasteiger partial charge in [-0.05, 0) is 48.7 Å². The van der Waals surface area contributed by atoms with E-state index in [9.17, 15) is 14.4 Å². The van der Waals surface area contributed by atoms with Crippen LogP contribution in [-0.4, -0.2) is 31.4 Å². The van der Waals surface area contributed by atoms with Crippen LogP contribution in [0.4, 0.5) is 5.00 Å². The van der Waals surface area contributed by atoms with Gasteiger partial charge in [0.05, 0.1) is 18.2 Å². The van der Waals surface area contributed by atoms with Crippen molar-refractivity contribution in [1.29, 1.82) is 0 Å². The predicted octanol–water partition coefficient (Wildman–Crippen LogP) is 4.32. The first-order valence-corrected chi connectivity index (χ1v) is 10.8. The SMILES string of the molecule is CCc1cc(C(=O)NCCc2ccccc2)c(NC(=O)c2ccc(C(=O)OC)cc2)s1. The van der Waals surface area contributed by atoms with Crippen molar-refractivity contribution in [3.05, 3.63) is 87.8 Å². The highest BCUT2D eigenvalue weighted by atomic mass is 32.1. The van der Waals surface area contributed by atoms with Crippen molar-refractivity contribution in [2.45, 2.75) is 19.8 Å². The Bertz CT molecular complexity index is 1060. The first kappa shape index (κ1) is 22.2. The molecule has 3 rings (SSSR count). The van der Waals surface area contributed by atoms with Crippen LogP contribution in [-0.2, 0) is 17.6 Å². The second kappa shape index (κ2) is 10.5. The summed E-state index contributed by atoms with van der Waals surface area (Å²) in [5.74, 6) is -1.03. The lowest BCUT2D eigenvalue weighted by Crippen LogP contribution is -2.26. The Morgan fingerprint density at radius 1 is 0.935 bits per heavy atom. The fourth-order valence-electron chi connectivity index (χ4n) is 2.99. The molecule has 0 unspecified atom stereocenters. The fourth-order valence-corrected chi connectivity index (χ4v) is 3.98. The molecule has 160 valence electrons. The summed E-state index contributed by atoms with van der Waals surface area (Å²) >= 11 is 1.39. The molecule has 2 N–H and O–H groups in total. The van der Waals surface area contributed by atoms with E-state index in [2.05, 4.69) is 15.4 Å². The molecule has 7 heteroatoms. The van der Waals surface area contributed by atoms with E-state index in [1.54, 1.807) is 12.1 Å². The minimum absolute atomic E-state index is 0.219. The summed E-state index contributed by atoms with van der Waals surface area (Å²) in [6.07, 6.45) is 1.49. The topological polar surface area (TPSA) is 84.5 Å². The number of methoxy groups -OCH3 is 1. The highest BCUT2D eigenvalue weighted by Crippen LogP contribution is 2.29. The largest absolute Gasteiger partial charge is 0.465 e. The van der Waals surface area contributed by atoms with E-state index in [1.165, 1.54) is 30.6 Å². The molecule has 0 aliphatic carbocycles. The molecule has 1 heterocycles. The molecule has 0 bridgehead atoms. The lowest BCUT2D eigenvalue weighted by molar-refractivity contribution is 0.0600. The van der Waals surface area contributed by atoms with Crippen molar-refractivity contribution < 1.29 is 19.1 Å². The van der Waals surface area contributed by atoms with Crippen LogP contribution in [0.25, 0.3) is 0 Å². The quantitative estimate of drug-likeness (QED) is 0.515. The number of carbonyl (C=O) groups is 3. The first-order chi connectivity index (χ1) is 15.0. The molecular weight excluding hydrogens is 412 g/mol. The van der Waals surface area contributed by atoms with Gasteiger partial charge in [0.2, 0.25) is 0 Å². The average molecular weight is 437 g/mol. The number of carbonyl (C=O) groups excluding carboxylic acids is 3. The molecule has 6 nitrogen and oxygen atoms in total. The first-order valence-electron chi connectivity index (χ1n) is 9.96. The molecule has 0 saturated carbocycles. The summed E-state index contributed by atoms with van der Waals surface area (Å²) in [7, 11) is 1.30. The number of ether oxygens (including phenoxy) is 1. The van der Waals surface area contributed by atoms with Gasteiger partial charge in [0.1, 0.15) is 5.00 Å². The second-order valence-electron chi connectivity index (χ2n) is 6.82. The zero-order valence-corrected chi connectivity index (χ0v) is 18.3. The van der Waals surface area contributed by atoms with Crippen LogP contribution in [0.1, 0.15) is 48.4 Å². The molecule has 0 aliphatic heterocycles. The van der Waals surface area contributed by atoms with Gasteiger partial charge in [0.25, 0.3) is 11.8 Å². The Morgan fingerprint density at radius 3 is 2.26 bits per heavy atom. The lowest BCUT2D eigenvalue weighted by Gasteiger charge is -2.08. The zero-order chi connectivity index (χ0) is 22.2. The minimum Gasteiger partial charge on any atom is -0.465 e. The van der Waals surface area contributed by atoms with Gasteiger partial charge in [0, 0.05) is 17.0 Å². The monoisotopic (exact) mass is 436 g/mol. The molecule has 31 heavy (non-hydrogen) atoms. The van der Waals surface area contributed by atoms with Gasteiger partial charge in [-0.2, -0.15) is 0 Å². The summed E-state index contributed by atoms with van der Waals surface area (Å²) in [6.45, 7) is 2.50. The lowest BCUT2D eigenvalue weighted by atomic mass is 10.1.